The molecule has 2 aliphatic heterocycles. The summed E-state index contributed by atoms with van der Waals surface area (Å²) in [6.45, 7) is 7.30. The van der Waals surface area contributed by atoms with Crippen molar-refractivity contribution in [3.63, 3.8) is 0 Å². The van der Waals surface area contributed by atoms with Crippen molar-refractivity contribution in [3.05, 3.63) is 40.8 Å². The summed E-state index contributed by atoms with van der Waals surface area (Å²) in [5.41, 5.74) is 1.41. The molecule has 1 aromatic heterocycles. The van der Waals surface area contributed by atoms with Gasteiger partial charge in [-0.2, -0.15) is 0 Å². The highest BCUT2D eigenvalue weighted by Crippen LogP contribution is 2.40. The summed E-state index contributed by atoms with van der Waals surface area (Å²) in [5, 5.41) is 10.7. The molecule has 5 rings (SSSR count). The number of imidazole rings is 1. The lowest BCUT2D eigenvalue weighted by Gasteiger charge is -2.35. The quantitative estimate of drug-likeness (QED) is 0.700. The molecule has 7 nitrogen and oxygen atoms in total. The first kappa shape index (κ1) is 23.4. The van der Waals surface area contributed by atoms with Crippen molar-refractivity contribution >= 4 is 23.4 Å². The molecule has 34 heavy (non-hydrogen) atoms. The second kappa shape index (κ2) is 8.68. The molecule has 3 heterocycles. The third kappa shape index (κ3) is 4.24. The Kier molecular flexibility index (Phi) is 5.97. The van der Waals surface area contributed by atoms with Gasteiger partial charge in [0.2, 0.25) is 0 Å². The summed E-state index contributed by atoms with van der Waals surface area (Å²) >= 11 is 6.78. The third-order valence-corrected chi connectivity index (χ3v) is 8.09. The number of aromatic nitrogens is 2. The number of hydrogen-bond donors (Lipinski definition) is 1. The van der Waals surface area contributed by atoms with E-state index in [9.17, 15) is 14.7 Å². The van der Waals surface area contributed by atoms with Crippen molar-refractivity contribution in [2.45, 2.75) is 64.5 Å². The first-order valence-electron chi connectivity index (χ1n) is 12.4. The van der Waals surface area contributed by atoms with Crippen LogP contribution in [0.4, 0.5) is 0 Å². The smallest absolute Gasteiger partial charge is 0.254 e. The van der Waals surface area contributed by atoms with E-state index in [2.05, 4.69) is 18.4 Å². The molecule has 3 aliphatic rings. The van der Waals surface area contributed by atoms with Gasteiger partial charge in [-0.3, -0.25) is 9.59 Å². The van der Waals surface area contributed by atoms with E-state index >= 15 is 0 Å². The molecular weight excluding hydrogens is 452 g/mol. The predicted molar refractivity (Wildman–Crippen MR) is 131 cm³/mol. The molecule has 2 amide bonds. The van der Waals surface area contributed by atoms with Crippen LogP contribution in [0.1, 0.15) is 62.1 Å². The number of carbonyl (C=O) groups is 2. The highest BCUT2D eigenvalue weighted by atomic mass is 35.5. The summed E-state index contributed by atoms with van der Waals surface area (Å²) in [6.07, 6.45) is 5.47. The van der Waals surface area contributed by atoms with Crippen LogP contribution < -0.4 is 0 Å². The van der Waals surface area contributed by atoms with Crippen LogP contribution in [0.2, 0.25) is 5.15 Å². The van der Waals surface area contributed by atoms with Gasteiger partial charge >= 0.3 is 0 Å². The van der Waals surface area contributed by atoms with Crippen molar-refractivity contribution in [2.24, 2.45) is 5.41 Å². The van der Waals surface area contributed by atoms with E-state index in [0.29, 0.717) is 49.7 Å². The van der Waals surface area contributed by atoms with Crippen LogP contribution in [-0.2, 0) is 17.8 Å². The standard InChI is InChI=1S/C26H33ClN4O3/c1-3-9-25(2)10-8-20-28-21(22(27)31(20)17-25)18-4-6-19(7-5-18)23(32)29-13-15-30(16-14-29)24(33)26(34)11-12-26/h4-7,34H,3,8-17H2,1-2H3. The molecule has 8 heteroatoms. The van der Waals surface area contributed by atoms with Crippen molar-refractivity contribution in [2.75, 3.05) is 26.2 Å². The maximum atomic E-state index is 13.0. The molecule has 2 aromatic rings. The zero-order chi connectivity index (χ0) is 24.1. The number of piperazine rings is 1. The monoisotopic (exact) mass is 484 g/mol. The van der Waals surface area contributed by atoms with Gasteiger partial charge in [-0.15, -0.1) is 0 Å². The van der Waals surface area contributed by atoms with Gasteiger partial charge < -0.3 is 19.5 Å². The topological polar surface area (TPSA) is 78.7 Å². The van der Waals surface area contributed by atoms with Crippen LogP contribution in [0.25, 0.3) is 11.3 Å². The van der Waals surface area contributed by atoms with Crippen molar-refractivity contribution in [3.8, 4) is 11.3 Å². The Balaban J connectivity index is 1.25. The molecule has 182 valence electrons. The van der Waals surface area contributed by atoms with E-state index in [4.69, 9.17) is 16.6 Å². The average Bonchev–Trinajstić information content (AvgIpc) is 3.52. The van der Waals surface area contributed by atoms with E-state index in [1.54, 1.807) is 9.80 Å². The van der Waals surface area contributed by atoms with Gasteiger partial charge in [0.25, 0.3) is 11.8 Å². The zero-order valence-corrected chi connectivity index (χ0v) is 20.8. The maximum absolute atomic E-state index is 13.0. The number of aliphatic hydroxyl groups is 1. The summed E-state index contributed by atoms with van der Waals surface area (Å²) in [6, 6.07) is 7.50. The minimum Gasteiger partial charge on any atom is -0.380 e. The second-order valence-corrected chi connectivity index (χ2v) is 10.9. The fourth-order valence-electron chi connectivity index (χ4n) is 5.39. The second-order valence-electron chi connectivity index (χ2n) is 10.5. The molecule has 1 saturated carbocycles. The molecule has 1 saturated heterocycles. The number of hydrogen-bond acceptors (Lipinski definition) is 4. The third-order valence-electron chi connectivity index (χ3n) is 7.71. The minimum absolute atomic E-state index is 0.0469. The van der Waals surface area contributed by atoms with Gasteiger partial charge in [-0.1, -0.05) is 44.0 Å². The molecule has 2 fully saturated rings. The van der Waals surface area contributed by atoms with E-state index in [1.807, 2.05) is 24.3 Å². The summed E-state index contributed by atoms with van der Waals surface area (Å²) < 4.78 is 2.16. The van der Waals surface area contributed by atoms with Crippen molar-refractivity contribution in [1.29, 1.82) is 0 Å². The predicted octanol–water partition coefficient (Wildman–Crippen LogP) is 3.77. The van der Waals surface area contributed by atoms with Crippen LogP contribution in [0.3, 0.4) is 0 Å². The summed E-state index contributed by atoms with van der Waals surface area (Å²) in [4.78, 5) is 33.6. The first-order chi connectivity index (χ1) is 16.2. The van der Waals surface area contributed by atoms with E-state index in [0.717, 1.165) is 42.9 Å². The Morgan fingerprint density at radius 2 is 1.71 bits per heavy atom. The Labute approximate surface area is 205 Å². The van der Waals surface area contributed by atoms with Gasteiger partial charge in [-0.25, -0.2) is 4.98 Å². The Morgan fingerprint density at radius 1 is 1.06 bits per heavy atom. The Bertz CT molecular complexity index is 1100. The van der Waals surface area contributed by atoms with Crippen molar-refractivity contribution < 1.29 is 14.7 Å². The van der Waals surface area contributed by atoms with Gasteiger partial charge in [0.1, 0.15) is 22.3 Å². The van der Waals surface area contributed by atoms with Crippen LogP contribution in [0.15, 0.2) is 24.3 Å². The van der Waals surface area contributed by atoms with Gasteiger partial charge in [-0.05, 0) is 43.2 Å². The van der Waals surface area contributed by atoms with Crippen molar-refractivity contribution in [1.82, 2.24) is 19.4 Å². The molecule has 0 radical (unpaired) electrons. The highest BCUT2D eigenvalue weighted by Gasteiger charge is 2.50. The lowest BCUT2D eigenvalue weighted by Crippen LogP contribution is -2.53. The summed E-state index contributed by atoms with van der Waals surface area (Å²) in [7, 11) is 0. The zero-order valence-electron chi connectivity index (χ0n) is 20.0. The molecular formula is C26H33ClN4O3. The van der Waals surface area contributed by atoms with E-state index < -0.39 is 5.60 Å². The Morgan fingerprint density at radius 3 is 2.32 bits per heavy atom. The van der Waals surface area contributed by atoms with Gasteiger partial charge in [0.15, 0.2) is 0 Å². The van der Waals surface area contributed by atoms with Crippen LogP contribution in [0, 0.1) is 5.41 Å². The molecule has 1 aromatic carbocycles. The Hall–Kier alpha value is -2.38. The number of carbonyl (C=O) groups excluding carboxylic acids is 2. The lowest BCUT2D eigenvalue weighted by molar-refractivity contribution is -0.143. The van der Waals surface area contributed by atoms with Gasteiger partial charge in [0, 0.05) is 50.3 Å². The highest BCUT2D eigenvalue weighted by molar-refractivity contribution is 6.32. The summed E-state index contributed by atoms with van der Waals surface area (Å²) in [5.74, 6) is 0.796. The maximum Gasteiger partial charge on any atom is 0.254 e. The molecule has 1 unspecified atom stereocenters. The number of fused-ring (bicyclic) bond motifs is 1. The van der Waals surface area contributed by atoms with Crippen LogP contribution in [0.5, 0.6) is 0 Å². The van der Waals surface area contributed by atoms with Crippen LogP contribution >= 0.6 is 11.6 Å². The largest absolute Gasteiger partial charge is 0.380 e. The molecule has 1 N–H and O–H groups in total. The number of rotatable bonds is 5. The first-order valence-corrected chi connectivity index (χ1v) is 12.8. The number of benzene rings is 1. The van der Waals surface area contributed by atoms with Crippen LogP contribution in [-0.4, -0.2) is 68.1 Å². The lowest BCUT2D eigenvalue weighted by atomic mass is 9.79. The minimum atomic E-state index is -1.15. The number of aryl methyl sites for hydroxylation is 1. The molecule has 0 spiro atoms. The molecule has 1 atom stereocenters. The number of halogens is 1. The molecule has 0 bridgehead atoms. The fourth-order valence-corrected chi connectivity index (χ4v) is 5.69. The number of amides is 2. The van der Waals surface area contributed by atoms with E-state index in [1.165, 1.54) is 6.42 Å². The average molecular weight is 485 g/mol. The SMILES string of the molecule is CCCC1(C)CCc2nc(-c3ccc(C(=O)N4CCN(C(=O)C5(O)CC5)CC4)cc3)c(Cl)n2C1. The number of nitrogens with zero attached hydrogens (tertiary/aromatic N) is 4. The van der Waals surface area contributed by atoms with Gasteiger partial charge in [0.05, 0.1) is 0 Å². The fraction of sp³-hybridized carbons (Fsp3) is 0.577. The molecule has 1 aliphatic carbocycles. The van der Waals surface area contributed by atoms with E-state index in [-0.39, 0.29) is 17.2 Å². The normalized spacial score (nSPS) is 23.5.